The zero-order valence-corrected chi connectivity index (χ0v) is 22.4. The molecule has 2 heterocycles. The minimum Gasteiger partial charge on any atom is -0.377 e. The summed E-state index contributed by atoms with van der Waals surface area (Å²) in [5.41, 5.74) is 0. The molecule has 0 amide bonds. The Morgan fingerprint density at radius 1 is 0.645 bits per heavy atom. The van der Waals surface area contributed by atoms with Gasteiger partial charge in [-0.25, -0.2) is 0 Å². The molecular formula is C25H55N5O. The highest BCUT2D eigenvalue weighted by Gasteiger charge is 2.19. The minimum absolute atomic E-state index is 0.363. The summed E-state index contributed by atoms with van der Waals surface area (Å²) in [7, 11) is 2.22. The zero-order valence-electron chi connectivity index (χ0n) is 22.4. The van der Waals surface area contributed by atoms with Gasteiger partial charge in [-0.1, -0.05) is 0 Å². The van der Waals surface area contributed by atoms with E-state index in [2.05, 4.69) is 86.9 Å². The summed E-state index contributed by atoms with van der Waals surface area (Å²) in [6, 6.07) is 2.07. The van der Waals surface area contributed by atoms with Gasteiger partial charge in [-0.2, -0.15) is 0 Å². The Hall–Kier alpha value is -0.240. The van der Waals surface area contributed by atoms with Crippen LogP contribution in [0.4, 0.5) is 0 Å². The van der Waals surface area contributed by atoms with Crippen LogP contribution in [0.1, 0.15) is 55.4 Å². The van der Waals surface area contributed by atoms with E-state index in [0.29, 0.717) is 24.2 Å². The highest BCUT2D eigenvalue weighted by molar-refractivity contribution is 4.75. The van der Waals surface area contributed by atoms with Gasteiger partial charge in [0, 0.05) is 90.1 Å². The maximum Gasteiger partial charge on any atom is 0.0596 e. The summed E-state index contributed by atoms with van der Waals surface area (Å²) in [5, 5.41) is 0. The van der Waals surface area contributed by atoms with Crippen LogP contribution >= 0.6 is 0 Å². The van der Waals surface area contributed by atoms with Crippen molar-refractivity contribution in [3.63, 3.8) is 0 Å². The van der Waals surface area contributed by atoms with E-state index < -0.39 is 0 Å². The number of likely N-dealkylation sites (N-methyl/N-ethyl adjacent to an activating group) is 1. The van der Waals surface area contributed by atoms with E-state index in [-0.39, 0.29) is 0 Å². The van der Waals surface area contributed by atoms with Crippen LogP contribution in [0.5, 0.6) is 0 Å². The molecule has 2 rings (SSSR count). The molecule has 2 aliphatic heterocycles. The summed E-state index contributed by atoms with van der Waals surface area (Å²) >= 11 is 0. The third-order valence-electron chi connectivity index (χ3n) is 6.78. The molecule has 0 spiro atoms. The van der Waals surface area contributed by atoms with E-state index in [1.807, 2.05) is 0 Å². The molecule has 0 aromatic carbocycles. The summed E-state index contributed by atoms with van der Waals surface area (Å²) < 4.78 is 5.56. The van der Waals surface area contributed by atoms with Crippen LogP contribution in [-0.2, 0) is 4.74 Å². The maximum atomic E-state index is 5.56. The maximum absolute atomic E-state index is 5.56. The van der Waals surface area contributed by atoms with Gasteiger partial charge < -0.3 is 9.64 Å². The molecule has 0 N–H and O–H groups in total. The van der Waals surface area contributed by atoms with Crippen LogP contribution in [-0.4, -0.2) is 134 Å². The monoisotopic (exact) mass is 441 g/mol. The SMILES string of the molecule is CC(C)N(C)CCN1CCN(C(C)C)CC1.CC(C)OCCN1CCN(C(C)C)CC1. The first-order valence-electron chi connectivity index (χ1n) is 12.8. The van der Waals surface area contributed by atoms with Crippen molar-refractivity contribution >= 4 is 0 Å². The van der Waals surface area contributed by atoms with Crippen molar-refractivity contribution in [2.75, 3.05) is 85.6 Å². The average Bonchev–Trinajstić information content (AvgIpc) is 2.72. The first-order valence-corrected chi connectivity index (χ1v) is 12.8. The molecule has 0 aliphatic carbocycles. The predicted octanol–water partition coefficient (Wildman–Crippen LogP) is 2.79. The van der Waals surface area contributed by atoms with Crippen molar-refractivity contribution in [3.8, 4) is 0 Å². The molecule has 0 bridgehead atoms. The van der Waals surface area contributed by atoms with Crippen LogP contribution in [0, 0.1) is 0 Å². The largest absolute Gasteiger partial charge is 0.377 e. The quantitative estimate of drug-likeness (QED) is 0.517. The van der Waals surface area contributed by atoms with Gasteiger partial charge in [0.1, 0.15) is 0 Å². The molecule has 2 saturated heterocycles. The molecule has 0 aromatic rings. The Bertz CT molecular complexity index is 425. The van der Waals surface area contributed by atoms with Gasteiger partial charge in [-0.3, -0.25) is 19.6 Å². The van der Waals surface area contributed by atoms with E-state index in [1.165, 1.54) is 65.4 Å². The molecule has 0 unspecified atom stereocenters. The fourth-order valence-corrected chi connectivity index (χ4v) is 3.98. The fourth-order valence-electron chi connectivity index (χ4n) is 3.98. The molecule has 6 heteroatoms. The third-order valence-corrected chi connectivity index (χ3v) is 6.78. The summed E-state index contributed by atoms with van der Waals surface area (Å²) in [4.78, 5) is 12.6. The number of hydrogen-bond acceptors (Lipinski definition) is 6. The van der Waals surface area contributed by atoms with E-state index in [9.17, 15) is 0 Å². The van der Waals surface area contributed by atoms with Crippen molar-refractivity contribution in [1.29, 1.82) is 0 Å². The predicted molar refractivity (Wildman–Crippen MR) is 135 cm³/mol. The van der Waals surface area contributed by atoms with Gasteiger partial charge in [0.15, 0.2) is 0 Å². The number of nitrogens with zero attached hydrogens (tertiary/aromatic N) is 5. The Kier molecular flexibility index (Phi) is 14.5. The van der Waals surface area contributed by atoms with Gasteiger partial charge in [0.2, 0.25) is 0 Å². The Labute approximate surface area is 194 Å². The van der Waals surface area contributed by atoms with Gasteiger partial charge in [0.05, 0.1) is 12.7 Å². The highest BCUT2D eigenvalue weighted by atomic mass is 16.5. The topological polar surface area (TPSA) is 25.4 Å². The second-order valence-electron chi connectivity index (χ2n) is 10.4. The lowest BCUT2D eigenvalue weighted by molar-refractivity contribution is 0.0404. The molecule has 0 radical (unpaired) electrons. The van der Waals surface area contributed by atoms with E-state index in [1.54, 1.807) is 0 Å². The zero-order chi connectivity index (χ0) is 23.4. The van der Waals surface area contributed by atoms with Crippen LogP contribution < -0.4 is 0 Å². The average molecular weight is 442 g/mol. The number of hydrogen-bond donors (Lipinski definition) is 0. The van der Waals surface area contributed by atoms with Gasteiger partial charge in [0.25, 0.3) is 0 Å². The normalized spacial score (nSPS) is 20.3. The molecule has 2 aliphatic rings. The van der Waals surface area contributed by atoms with Crippen molar-refractivity contribution in [2.45, 2.75) is 79.6 Å². The van der Waals surface area contributed by atoms with Gasteiger partial charge in [-0.15, -0.1) is 0 Å². The van der Waals surface area contributed by atoms with Crippen LogP contribution in [0.15, 0.2) is 0 Å². The van der Waals surface area contributed by atoms with Crippen LogP contribution in [0.3, 0.4) is 0 Å². The Balaban J connectivity index is 0.000000311. The lowest BCUT2D eigenvalue weighted by atomic mass is 10.2. The fraction of sp³-hybridized carbons (Fsp3) is 1.00. The van der Waals surface area contributed by atoms with Crippen LogP contribution in [0.25, 0.3) is 0 Å². The van der Waals surface area contributed by atoms with Gasteiger partial charge in [-0.05, 0) is 62.4 Å². The lowest BCUT2D eigenvalue weighted by Crippen LogP contribution is -2.50. The lowest BCUT2D eigenvalue weighted by Gasteiger charge is -2.37. The Morgan fingerprint density at radius 3 is 1.42 bits per heavy atom. The molecular weight excluding hydrogens is 386 g/mol. The number of ether oxygens (including phenoxy) is 1. The molecule has 2 fully saturated rings. The molecule has 0 saturated carbocycles. The molecule has 0 atom stereocenters. The van der Waals surface area contributed by atoms with E-state index in [0.717, 1.165) is 13.2 Å². The molecule has 6 nitrogen and oxygen atoms in total. The van der Waals surface area contributed by atoms with Crippen molar-refractivity contribution < 1.29 is 4.74 Å². The Morgan fingerprint density at radius 2 is 1.06 bits per heavy atom. The summed E-state index contributed by atoms with van der Waals surface area (Å²) in [6.45, 7) is 32.0. The van der Waals surface area contributed by atoms with Crippen molar-refractivity contribution in [3.05, 3.63) is 0 Å². The molecule has 31 heavy (non-hydrogen) atoms. The second-order valence-corrected chi connectivity index (χ2v) is 10.4. The number of rotatable bonds is 10. The second kappa shape index (κ2) is 15.6. The molecule has 0 aromatic heterocycles. The van der Waals surface area contributed by atoms with E-state index >= 15 is 0 Å². The minimum atomic E-state index is 0.363. The van der Waals surface area contributed by atoms with E-state index in [4.69, 9.17) is 4.74 Å². The third kappa shape index (κ3) is 12.5. The summed E-state index contributed by atoms with van der Waals surface area (Å²) in [6.07, 6.45) is 0.363. The standard InChI is InChI=1S/C13H29N3.C12H26N2O/c1-12(2)14(5)6-7-15-8-10-16(11-9-15)13(3)4;1-11(2)14-7-5-13(6-8-14)9-10-15-12(3)4/h12-13H,6-11H2,1-5H3;11-12H,5-10H2,1-4H3. The van der Waals surface area contributed by atoms with Crippen molar-refractivity contribution in [2.24, 2.45) is 0 Å². The summed E-state index contributed by atoms with van der Waals surface area (Å²) in [5.74, 6) is 0. The first-order chi connectivity index (χ1) is 14.6. The van der Waals surface area contributed by atoms with Crippen LogP contribution in [0.2, 0.25) is 0 Å². The molecule has 186 valence electrons. The van der Waals surface area contributed by atoms with Gasteiger partial charge >= 0.3 is 0 Å². The first kappa shape index (κ1) is 28.8. The number of piperazine rings is 2. The smallest absolute Gasteiger partial charge is 0.0596 e. The van der Waals surface area contributed by atoms with Crippen molar-refractivity contribution in [1.82, 2.24) is 24.5 Å². The highest BCUT2D eigenvalue weighted by Crippen LogP contribution is 2.06.